The summed E-state index contributed by atoms with van der Waals surface area (Å²) < 4.78 is 39.0. The van der Waals surface area contributed by atoms with Gasteiger partial charge in [-0.15, -0.1) is 0 Å². The normalized spacial score (nSPS) is 16.0. The Morgan fingerprint density at radius 1 is 0.935 bits per heavy atom. The molecule has 2 nitrogen and oxygen atoms in total. The quantitative estimate of drug-likeness (QED) is 0.415. The average Bonchev–Trinajstić information content (AvgIpc) is 2.76. The van der Waals surface area contributed by atoms with Gasteiger partial charge in [-0.2, -0.15) is 18.4 Å². The van der Waals surface area contributed by atoms with Gasteiger partial charge in [0.1, 0.15) is 0 Å². The fraction of sp³-hybridized carbons (Fsp3) is 0.500. The van der Waals surface area contributed by atoms with Crippen LogP contribution in [0.1, 0.15) is 69.7 Å². The second kappa shape index (κ2) is 10.3. The Kier molecular flexibility index (Phi) is 8.31. The van der Waals surface area contributed by atoms with Gasteiger partial charge in [0, 0.05) is 12.1 Å². The van der Waals surface area contributed by atoms with E-state index in [1.54, 1.807) is 0 Å². The minimum atomic E-state index is -4.38. The summed E-state index contributed by atoms with van der Waals surface area (Å²) in [4.78, 5) is 2.34. The molecule has 0 amide bonds. The minimum Gasteiger partial charge on any atom is -0.297 e. The van der Waals surface area contributed by atoms with Crippen LogP contribution in [-0.4, -0.2) is 18.0 Å². The number of alkyl halides is 3. The molecule has 2 aromatic carbocycles. The number of benzene rings is 2. The van der Waals surface area contributed by atoms with Gasteiger partial charge in [0.25, 0.3) is 0 Å². The van der Waals surface area contributed by atoms with E-state index in [0.29, 0.717) is 12.0 Å². The van der Waals surface area contributed by atoms with E-state index in [1.165, 1.54) is 17.7 Å². The molecule has 0 saturated carbocycles. The molecule has 31 heavy (non-hydrogen) atoms. The second-order valence-corrected chi connectivity index (χ2v) is 8.67. The van der Waals surface area contributed by atoms with Gasteiger partial charge in [-0.25, -0.2) is 0 Å². The predicted octanol–water partition coefficient (Wildman–Crippen LogP) is 7.37. The molecular formula is C26H33F3N2. The van der Waals surface area contributed by atoms with Gasteiger partial charge in [0.15, 0.2) is 0 Å². The molecule has 2 aromatic rings. The van der Waals surface area contributed by atoms with E-state index in [0.717, 1.165) is 25.0 Å². The molecule has 3 atom stereocenters. The Hall–Kier alpha value is -2.32. The maximum Gasteiger partial charge on any atom is 0.416 e. The molecule has 0 N–H and O–H groups in total. The van der Waals surface area contributed by atoms with Gasteiger partial charge in [-0.05, 0) is 62.4 Å². The predicted molar refractivity (Wildman–Crippen MR) is 120 cm³/mol. The molecule has 0 aliphatic heterocycles. The third-order valence-electron chi connectivity index (χ3n) is 6.72. The van der Waals surface area contributed by atoms with Crippen molar-refractivity contribution in [2.45, 2.75) is 70.6 Å². The van der Waals surface area contributed by atoms with Crippen molar-refractivity contribution in [2.75, 3.05) is 7.05 Å². The van der Waals surface area contributed by atoms with Crippen molar-refractivity contribution in [3.8, 4) is 6.07 Å². The molecule has 2 rings (SSSR count). The molecule has 0 fully saturated rings. The summed E-state index contributed by atoms with van der Waals surface area (Å²) in [6.45, 7) is 8.25. The smallest absolute Gasteiger partial charge is 0.297 e. The third kappa shape index (κ3) is 5.68. The Morgan fingerprint density at radius 3 is 1.94 bits per heavy atom. The lowest BCUT2D eigenvalue weighted by molar-refractivity contribution is -0.137. The first-order valence-electron chi connectivity index (χ1n) is 10.9. The van der Waals surface area contributed by atoms with Crippen molar-refractivity contribution < 1.29 is 13.2 Å². The highest BCUT2D eigenvalue weighted by molar-refractivity contribution is 5.36. The number of hydrogen-bond acceptors (Lipinski definition) is 2. The van der Waals surface area contributed by atoms with Crippen molar-refractivity contribution in [1.29, 1.82) is 5.26 Å². The summed E-state index contributed by atoms with van der Waals surface area (Å²) in [5.41, 5.74) is 0.386. The van der Waals surface area contributed by atoms with Gasteiger partial charge in [-0.3, -0.25) is 4.90 Å². The van der Waals surface area contributed by atoms with E-state index in [4.69, 9.17) is 0 Å². The fourth-order valence-corrected chi connectivity index (χ4v) is 4.35. The van der Waals surface area contributed by atoms with Gasteiger partial charge in [0.05, 0.1) is 17.0 Å². The van der Waals surface area contributed by atoms with E-state index in [9.17, 15) is 18.4 Å². The highest BCUT2D eigenvalue weighted by atomic mass is 19.4. The Labute approximate surface area is 184 Å². The number of hydrogen-bond donors (Lipinski definition) is 0. The zero-order chi connectivity index (χ0) is 23.2. The van der Waals surface area contributed by atoms with Crippen molar-refractivity contribution >= 4 is 0 Å². The molecule has 3 unspecified atom stereocenters. The maximum atomic E-state index is 13.0. The van der Waals surface area contributed by atoms with E-state index in [1.807, 2.05) is 32.0 Å². The van der Waals surface area contributed by atoms with Crippen molar-refractivity contribution in [3.63, 3.8) is 0 Å². The van der Waals surface area contributed by atoms with Gasteiger partial charge >= 0.3 is 6.18 Å². The van der Waals surface area contributed by atoms with E-state index in [-0.39, 0.29) is 18.0 Å². The van der Waals surface area contributed by atoms with Gasteiger partial charge < -0.3 is 0 Å². The van der Waals surface area contributed by atoms with E-state index < -0.39 is 17.2 Å². The zero-order valence-electron chi connectivity index (χ0n) is 19.1. The molecule has 5 heteroatoms. The van der Waals surface area contributed by atoms with Crippen LogP contribution in [0.4, 0.5) is 13.2 Å². The summed E-state index contributed by atoms with van der Waals surface area (Å²) >= 11 is 0. The molecule has 0 bridgehead atoms. The molecule has 0 radical (unpaired) electrons. The van der Waals surface area contributed by atoms with Crippen LogP contribution in [0.3, 0.4) is 0 Å². The van der Waals surface area contributed by atoms with E-state index in [2.05, 4.69) is 44.0 Å². The van der Waals surface area contributed by atoms with Crippen LogP contribution < -0.4 is 0 Å². The van der Waals surface area contributed by atoms with Crippen LogP contribution in [0.25, 0.3) is 0 Å². The maximum absolute atomic E-state index is 13.0. The van der Waals surface area contributed by atoms with Crippen molar-refractivity contribution in [2.24, 2.45) is 5.92 Å². The number of nitriles is 1. The molecule has 0 saturated heterocycles. The largest absolute Gasteiger partial charge is 0.416 e. The number of halogens is 3. The van der Waals surface area contributed by atoms with Crippen LogP contribution in [-0.2, 0) is 11.6 Å². The highest BCUT2D eigenvalue weighted by Gasteiger charge is 2.38. The van der Waals surface area contributed by atoms with Crippen molar-refractivity contribution in [1.82, 2.24) is 4.90 Å². The lowest BCUT2D eigenvalue weighted by atomic mass is 9.69. The van der Waals surface area contributed by atoms with Crippen LogP contribution >= 0.6 is 0 Å². The monoisotopic (exact) mass is 430 g/mol. The first-order valence-corrected chi connectivity index (χ1v) is 10.9. The molecule has 0 heterocycles. The minimum absolute atomic E-state index is 0.0244. The topological polar surface area (TPSA) is 27.0 Å². The van der Waals surface area contributed by atoms with Gasteiger partial charge in [-0.1, -0.05) is 63.2 Å². The van der Waals surface area contributed by atoms with Crippen LogP contribution in [0.15, 0.2) is 54.6 Å². The first-order chi connectivity index (χ1) is 14.6. The van der Waals surface area contributed by atoms with Crippen molar-refractivity contribution in [3.05, 3.63) is 71.3 Å². The average molecular weight is 431 g/mol. The summed E-state index contributed by atoms with van der Waals surface area (Å²) in [5, 5.41) is 10.2. The summed E-state index contributed by atoms with van der Waals surface area (Å²) in [6, 6.07) is 18.4. The van der Waals surface area contributed by atoms with Crippen LogP contribution in [0.2, 0.25) is 0 Å². The molecule has 0 aromatic heterocycles. The van der Waals surface area contributed by atoms with E-state index >= 15 is 0 Å². The molecule has 168 valence electrons. The summed E-state index contributed by atoms with van der Waals surface area (Å²) in [7, 11) is 2.10. The summed E-state index contributed by atoms with van der Waals surface area (Å²) in [5.74, 6) is -0.0244. The molecule has 0 aliphatic rings. The molecule has 0 aliphatic carbocycles. The highest BCUT2D eigenvalue weighted by Crippen LogP contribution is 2.39. The number of nitrogens with zero attached hydrogens (tertiary/aromatic N) is 2. The standard InChI is InChI=1S/C26H33F3N2/c1-6-24(31(5)20(4)21-10-8-7-9-11-21)16-17-25(18-30,19(2)3)22-12-14-23(15-13-22)26(27,28)29/h7-15,19-20,24H,6,16-17H2,1-5H3. The molecular weight excluding hydrogens is 397 g/mol. The lowest BCUT2D eigenvalue weighted by Crippen LogP contribution is -2.37. The Balaban J connectivity index is 2.24. The fourth-order valence-electron chi connectivity index (χ4n) is 4.35. The molecule has 0 spiro atoms. The lowest BCUT2D eigenvalue weighted by Gasteiger charge is -2.37. The van der Waals surface area contributed by atoms with Gasteiger partial charge in [0.2, 0.25) is 0 Å². The second-order valence-electron chi connectivity index (χ2n) is 8.67. The zero-order valence-corrected chi connectivity index (χ0v) is 19.1. The summed E-state index contributed by atoms with van der Waals surface area (Å²) in [6.07, 6.45) is -2.07. The van der Waals surface area contributed by atoms with Crippen LogP contribution in [0.5, 0.6) is 0 Å². The van der Waals surface area contributed by atoms with Crippen LogP contribution in [0, 0.1) is 17.2 Å². The SMILES string of the molecule is CCC(CCC(C#N)(c1ccc(C(F)(F)F)cc1)C(C)C)N(C)C(C)c1ccccc1. The Morgan fingerprint density at radius 2 is 1.48 bits per heavy atom. The number of rotatable bonds is 9. The third-order valence-corrected chi connectivity index (χ3v) is 6.72. The first kappa shape index (κ1) is 24.9. The Bertz CT molecular complexity index is 853.